The molecule has 2 aromatic rings. The first-order valence-corrected chi connectivity index (χ1v) is 9.11. The van der Waals surface area contributed by atoms with E-state index in [1.54, 1.807) is 6.92 Å². The number of benzene rings is 2. The Hall–Kier alpha value is -2.31. The molecule has 0 amide bonds. The van der Waals surface area contributed by atoms with Crippen LogP contribution in [-0.2, 0) is 16.1 Å². The molecule has 1 atom stereocenters. The van der Waals surface area contributed by atoms with E-state index < -0.39 is 12.0 Å². The van der Waals surface area contributed by atoms with E-state index in [1.807, 2.05) is 0 Å². The Morgan fingerprint density at radius 1 is 1.08 bits per heavy atom. The summed E-state index contributed by atoms with van der Waals surface area (Å²) >= 11 is 0. The molecule has 1 aliphatic rings. The number of carbonyl (C=O) groups excluding carboxylic acids is 1. The maximum absolute atomic E-state index is 11.7. The Labute approximate surface area is 153 Å². The summed E-state index contributed by atoms with van der Waals surface area (Å²) in [4.78, 5) is 27.2. The summed E-state index contributed by atoms with van der Waals surface area (Å²) in [7, 11) is 0. The van der Waals surface area contributed by atoms with E-state index in [1.165, 1.54) is 16.3 Å². The second kappa shape index (κ2) is 8.87. The molecule has 3 rings (SSSR count). The topological polar surface area (TPSA) is 62.2 Å². The van der Waals surface area contributed by atoms with Gasteiger partial charge in [0, 0.05) is 39.3 Å². The second-order valence-electron chi connectivity index (χ2n) is 6.59. The van der Waals surface area contributed by atoms with Gasteiger partial charge in [0.1, 0.15) is 0 Å². The Kier molecular flexibility index (Phi) is 6.30. The van der Waals surface area contributed by atoms with Crippen LogP contribution in [0, 0.1) is 4.91 Å². The van der Waals surface area contributed by atoms with Crippen molar-refractivity contribution < 1.29 is 9.53 Å². The number of ether oxygens (including phenoxy) is 1. The third-order valence-corrected chi connectivity index (χ3v) is 4.86. The molecule has 1 unspecified atom stereocenters. The van der Waals surface area contributed by atoms with E-state index in [0.29, 0.717) is 6.54 Å². The fourth-order valence-corrected chi connectivity index (χ4v) is 3.44. The number of esters is 1. The number of nitroso groups, excluding NO2 is 1. The van der Waals surface area contributed by atoms with Gasteiger partial charge in [0.15, 0.2) is 0 Å². The molecule has 0 N–H and O–H groups in total. The van der Waals surface area contributed by atoms with E-state index in [0.717, 1.165) is 32.7 Å². The van der Waals surface area contributed by atoms with Crippen molar-refractivity contribution in [1.29, 1.82) is 0 Å². The number of hydrogen-bond acceptors (Lipinski definition) is 6. The summed E-state index contributed by atoms with van der Waals surface area (Å²) in [5.41, 5.74) is 1.33. The predicted molar refractivity (Wildman–Crippen MR) is 102 cm³/mol. The summed E-state index contributed by atoms with van der Waals surface area (Å²) in [6.07, 6.45) is 0. The monoisotopic (exact) mass is 355 g/mol. The van der Waals surface area contributed by atoms with Crippen molar-refractivity contribution in [2.75, 3.05) is 39.3 Å². The number of fused-ring (bicyclic) bond motifs is 1. The second-order valence-corrected chi connectivity index (χ2v) is 6.59. The van der Waals surface area contributed by atoms with Crippen LogP contribution >= 0.6 is 0 Å². The lowest BCUT2D eigenvalue weighted by molar-refractivity contribution is -0.145. The maximum Gasteiger partial charge on any atom is 0.335 e. The third-order valence-electron chi connectivity index (χ3n) is 4.86. The zero-order valence-corrected chi connectivity index (χ0v) is 15.1. The predicted octanol–water partition coefficient (Wildman–Crippen LogP) is 2.66. The molecule has 0 spiro atoms. The van der Waals surface area contributed by atoms with Gasteiger partial charge in [-0.25, -0.2) is 4.79 Å². The molecule has 26 heavy (non-hydrogen) atoms. The molecular formula is C20H25N3O3. The van der Waals surface area contributed by atoms with Gasteiger partial charge in [-0.05, 0) is 23.3 Å². The zero-order chi connectivity index (χ0) is 18.4. The van der Waals surface area contributed by atoms with Crippen LogP contribution in [0.2, 0.25) is 0 Å². The molecular weight excluding hydrogens is 330 g/mol. The number of nitrogens with zero attached hydrogens (tertiary/aromatic N) is 3. The van der Waals surface area contributed by atoms with Gasteiger partial charge in [-0.1, -0.05) is 47.6 Å². The van der Waals surface area contributed by atoms with Crippen molar-refractivity contribution in [3.63, 3.8) is 0 Å². The third kappa shape index (κ3) is 4.45. The molecule has 138 valence electrons. The highest BCUT2D eigenvalue weighted by atomic mass is 16.5. The van der Waals surface area contributed by atoms with Crippen LogP contribution in [-0.4, -0.2) is 61.1 Å². The van der Waals surface area contributed by atoms with Gasteiger partial charge >= 0.3 is 5.97 Å². The number of piperazine rings is 1. The zero-order valence-electron chi connectivity index (χ0n) is 15.1. The average molecular weight is 355 g/mol. The van der Waals surface area contributed by atoms with Crippen molar-refractivity contribution in [2.45, 2.75) is 19.5 Å². The van der Waals surface area contributed by atoms with E-state index in [-0.39, 0.29) is 6.61 Å². The average Bonchev–Trinajstić information content (AvgIpc) is 2.68. The van der Waals surface area contributed by atoms with E-state index in [4.69, 9.17) is 4.74 Å². The normalized spacial score (nSPS) is 17.1. The van der Waals surface area contributed by atoms with Gasteiger partial charge < -0.3 is 4.74 Å². The molecule has 1 heterocycles. The van der Waals surface area contributed by atoms with Crippen LogP contribution in [0.5, 0.6) is 0 Å². The standard InChI is InChI=1S/C20H25N3O3/c1-2-26-20(24)19(21-25)15-23-12-10-22(11-13-23)14-17-8-5-7-16-6-3-4-9-18(16)17/h3-9,19H,2,10-15H2,1H3. The highest BCUT2D eigenvalue weighted by Crippen LogP contribution is 2.20. The van der Waals surface area contributed by atoms with Crippen molar-refractivity contribution in [3.8, 4) is 0 Å². The summed E-state index contributed by atoms with van der Waals surface area (Å²) in [5.74, 6) is -0.527. The van der Waals surface area contributed by atoms with Crippen LogP contribution in [0.3, 0.4) is 0 Å². The number of rotatable bonds is 7. The molecule has 0 aromatic heterocycles. The van der Waals surface area contributed by atoms with Gasteiger partial charge in [-0.2, -0.15) is 0 Å². The minimum atomic E-state index is -0.931. The lowest BCUT2D eigenvalue weighted by Crippen LogP contribution is -2.49. The molecule has 0 saturated carbocycles. The van der Waals surface area contributed by atoms with Crippen molar-refractivity contribution in [3.05, 3.63) is 52.9 Å². The van der Waals surface area contributed by atoms with Crippen LogP contribution in [0.1, 0.15) is 12.5 Å². The first-order chi connectivity index (χ1) is 12.7. The fourth-order valence-electron chi connectivity index (χ4n) is 3.44. The fraction of sp³-hybridized carbons (Fsp3) is 0.450. The Bertz CT molecular complexity index is 752. The summed E-state index contributed by atoms with van der Waals surface area (Å²) in [6, 6.07) is 13.9. The summed E-state index contributed by atoms with van der Waals surface area (Å²) in [5, 5.41) is 5.50. The van der Waals surface area contributed by atoms with E-state index >= 15 is 0 Å². The Morgan fingerprint density at radius 2 is 1.77 bits per heavy atom. The van der Waals surface area contributed by atoms with Crippen LogP contribution in [0.4, 0.5) is 0 Å². The molecule has 6 nitrogen and oxygen atoms in total. The van der Waals surface area contributed by atoms with Crippen LogP contribution in [0.25, 0.3) is 10.8 Å². The first-order valence-electron chi connectivity index (χ1n) is 9.11. The molecule has 1 fully saturated rings. The highest BCUT2D eigenvalue weighted by Gasteiger charge is 2.26. The maximum atomic E-state index is 11.7. The van der Waals surface area contributed by atoms with Gasteiger partial charge in [-0.3, -0.25) is 9.80 Å². The van der Waals surface area contributed by atoms with Crippen molar-refractivity contribution in [1.82, 2.24) is 9.80 Å². The minimum absolute atomic E-state index is 0.268. The van der Waals surface area contributed by atoms with Gasteiger partial charge in [0.05, 0.1) is 6.61 Å². The quantitative estimate of drug-likeness (QED) is 0.564. The van der Waals surface area contributed by atoms with Crippen molar-refractivity contribution in [2.24, 2.45) is 5.18 Å². The molecule has 6 heteroatoms. The molecule has 1 saturated heterocycles. The van der Waals surface area contributed by atoms with E-state index in [9.17, 15) is 9.70 Å². The molecule has 2 aromatic carbocycles. The Balaban J connectivity index is 1.55. The SMILES string of the molecule is CCOC(=O)C(CN1CCN(Cc2cccc3ccccc23)CC1)N=O. The van der Waals surface area contributed by atoms with Crippen molar-refractivity contribution >= 4 is 16.7 Å². The smallest absolute Gasteiger partial charge is 0.335 e. The first kappa shape index (κ1) is 18.5. The van der Waals surface area contributed by atoms with Gasteiger partial charge in [0.2, 0.25) is 6.04 Å². The van der Waals surface area contributed by atoms with Gasteiger partial charge in [0.25, 0.3) is 0 Å². The Morgan fingerprint density at radius 3 is 2.50 bits per heavy atom. The summed E-state index contributed by atoms with van der Waals surface area (Å²) in [6.45, 7) is 6.67. The van der Waals surface area contributed by atoms with Crippen LogP contribution < -0.4 is 0 Å². The lowest BCUT2D eigenvalue weighted by atomic mass is 10.0. The number of hydrogen-bond donors (Lipinski definition) is 0. The highest BCUT2D eigenvalue weighted by molar-refractivity contribution is 5.85. The number of carbonyl (C=O) groups is 1. The molecule has 1 aliphatic heterocycles. The van der Waals surface area contributed by atoms with E-state index in [2.05, 4.69) is 57.4 Å². The lowest BCUT2D eigenvalue weighted by Gasteiger charge is -2.35. The van der Waals surface area contributed by atoms with Crippen LogP contribution in [0.15, 0.2) is 47.6 Å². The largest absolute Gasteiger partial charge is 0.464 e. The molecule has 0 aliphatic carbocycles. The molecule has 0 bridgehead atoms. The summed E-state index contributed by atoms with van der Waals surface area (Å²) < 4.78 is 4.91. The van der Waals surface area contributed by atoms with Gasteiger partial charge in [-0.15, -0.1) is 4.91 Å². The minimum Gasteiger partial charge on any atom is -0.464 e. The molecule has 0 radical (unpaired) electrons.